The lowest BCUT2D eigenvalue weighted by atomic mass is 10.2. The highest BCUT2D eigenvalue weighted by atomic mass is 16.5. The van der Waals surface area contributed by atoms with E-state index >= 15 is 0 Å². The van der Waals surface area contributed by atoms with Gasteiger partial charge in [-0.25, -0.2) is 0 Å². The molecule has 4 heteroatoms. The van der Waals surface area contributed by atoms with Crippen molar-refractivity contribution in [1.29, 1.82) is 0 Å². The number of carboxylic acid groups (broad SMARTS) is 1. The average Bonchev–Trinajstić information content (AvgIpc) is 2.48. The molecule has 0 unspecified atom stereocenters. The standard InChI is InChI=1S/C9H12O4/c1-3-7-6(5-12-2)4-8(13-7)9(10)11/h4H,3,5H2,1-2H3,(H,10,11)/p-1. The zero-order chi connectivity index (χ0) is 9.84. The summed E-state index contributed by atoms with van der Waals surface area (Å²) >= 11 is 0. The summed E-state index contributed by atoms with van der Waals surface area (Å²) in [6.07, 6.45) is 0.645. The van der Waals surface area contributed by atoms with Gasteiger partial charge in [-0.15, -0.1) is 0 Å². The molecule has 0 fully saturated rings. The lowest BCUT2D eigenvalue weighted by molar-refractivity contribution is -0.257. The molecule has 1 aromatic rings. The van der Waals surface area contributed by atoms with E-state index in [0.29, 0.717) is 18.8 Å². The van der Waals surface area contributed by atoms with Crippen molar-refractivity contribution in [1.82, 2.24) is 0 Å². The lowest BCUT2D eigenvalue weighted by Crippen LogP contribution is -2.21. The van der Waals surface area contributed by atoms with E-state index in [4.69, 9.17) is 9.15 Å². The minimum atomic E-state index is -1.29. The molecule has 0 saturated carbocycles. The number of aryl methyl sites for hydroxylation is 1. The quantitative estimate of drug-likeness (QED) is 0.675. The Morgan fingerprint density at radius 1 is 1.69 bits per heavy atom. The molecule has 0 aliphatic heterocycles. The van der Waals surface area contributed by atoms with E-state index in [2.05, 4.69) is 0 Å². The number of aromatic carboxylic acids is 1. The highest BCUT2D eigenvalue weighted by Crippen LogP contribution is 2.16. The first-order valence-electron chi connectivity index (χ1n) is 4.00. The van der Waals surface area contributed by atoms with Crippen LogP contribution in [0.5, 0.6) is 0 Å². The summed E-state index contributed by atoms with van der Waals surface area (Å²) in [4.78, 5) is 10.4. The number of ether oxygens (including phenoxy) is 1. The van der Waals surface area contributed by atoms with Crippen molar-refractivity contribution in [3.8, 4) is 0 Å². The molecule has 0 aromatic carbocycles. The Kier molecular flexibility index (Phi) is 3.08. The Hall–Kier alpha value is -1.29. The number of rotatable bonds is 4. The maximum Gasteiger partial charge on any atom is 0.150 e. The highest BCUT2D eigenvalue weighted by Gasteiger charge is 2.09. The molecule has 0 amide bonds. The number of carbonyl (C=O) groups is 1. The van der Waals surface area contributed by atoms with Crippen molar-refractivity contribution < 1.29 is 19.1 Å². The molecule has 1 heterocycles. The van der Waals surface area contributed by atoms with E-state index in [1.165, 1.54) is 6.07 Å². The molecule has 13 heavy (non-hydrogen) atoms. The Morgan fingerprint density at radius 2 is 2.38 bits per heavy atom. The molecule has 0 aliphatic carbocycles. The first kappa shape index (κ1) is 9.80. The van der Waals surface area contributed by atoms with E-state index in [1.54, 1.807) is 7.11 Å². The first-order chi connectivity index (χ1) is 6.19. The third-order valence-electron chi connectivity index (χ3n) is 1.72. The molecule has 1 aromatic heterocycles. The van der Waals surface area contributed by atoms with Crippen molar-refractivity contribution in [2.45, 2.75) is 20.0 Å². The van der Waals surface area contributed by atoms with Gasteiger partial charge in [-0.1, -0.05) is 6.92 Å². The van der Waals surface area contributed by atoms with Gasteiger partial charge in [0.05, 0.1) is 6.61 Å². The normalized spacial score (nSPS) is 10.3. The molecular weight excluding hydrogens is 172 g/mol. The van der Waals surface area contributed by atoms with Gasteiger partial charge in [-0.3, -0.25) is 0 Å². The summed E-state index contributed by atoms with van der Waals surface area (Å²) in [5.74, 6) is -0.790. The summed E-state index contributed by atoms with van der Waals surface area (Å²) in [6.45, 7) is 2.25. The van der Waals surface area contributed by atoms with Gasteiger partial charge in [-0.2, -0.15) is 0 Å². The van der Waals surface area contributed by atoms with E-state index in [1.807, 2.05) is 6.92 Å². The molecule has 0 atom stereocenters. The van der Waals surface area contributed by atoms with Crippen LogP contribution < -0.4 is 5.11 Å². The van der Waals surface area contributed by atoms with Crippen LogP contribution in [-0.4, -0.2) is 13.1 Å². The summed E-state index contributed by atoms with van der Waals surface area (Å²) in [5.41, 5.74) is 0.768. The lowest BCUT2D eigenvalue weighted by Gasteiger charge is -1.96. The summed E-state index contributed by atoms with van der Waals surface area (Å²) in [6, 6.07) is 1.44. The molecular formula is C9H11O4-. The zero-order valence-corrected chi connectivity index (χ0v) is 7.62. The van der Waals surface area contributed by atoms with Crippen molar-refractivity contribution in [3.05, 3.63) is 23.2 Å². The molecule has 72 valence electrons. The SMILES string of the molecule is CCc1oc(C(=O)[O-])cc1COC. The van der Waals surface area contributed by atoms with Gasteiger partial charge in [0.1, 0.15) is 17.5 Å². The molecule has 1 rings (SSSR count). The van der Waals surface area contributed by atoms with E-state index in [9.17, 15) is 9.90 Å². The first-order valence-corrected chi connectivity index (χ1v) is 4.00. The number of furan rings is 1. The van der Waals surface area contributed by atoms with Crippen LogP contribution in [0.25, 0.3) is 0 Å². The van der Waals surface area contributed by atoms with Gasteiger partial charge in [-0.05, 0) is 6.07 Å². The van der Waals surface area contributed by atoms with Gasteiger partial charge in [0.25, 0.3) is 0 Å². The fourth-order valence-corrected chi connectivity index (χ4v) is 1.14. The molecule has 0 radical (unpaired) electrons. The van der Waals surface area contributed by atoms with E-state index in [0.717, 1.165) is 5.56 Å². The van der Waals surface area contributed by atoms with Crippen LogP contribution in [0.1, 0.15) is 28.8 Å². The summed E-state index contributed by atoms with van der Waals surface area (Å²) in [7, 11) is 1.55. The second-order valence-electron chi connectivity index (χ2n) is 2.63. The van der Waals surface area contributed by atoms with Gasteiger partial charge >= 0.3 is 0 Å². The van der Waals surface area contributed by atoms with E-state index in [-0.39, 0.29) is 5.76 Å². The average molecular weight is 183 g/mol. The predicted molar refractivity (Wildman–Crippen MR) is 43.1 cm³/mol. The molecule has 0 spiro atoms. The van der Waals surface area contributed by atoms with Crippen LogP contribution in [0.15, 0.2) is 10.5 Å². The fraction of sp³-hybridized carbons (Fsp3) is 0.444. The largest absolute Gasteiger partial charge is 0.542 e. The number of carbonyl (C=O) groups excluding carboxylic acids is 1. The third kappa shape index (κ3) is 2.09. The number of hydrogen-bond donors (Lipinski definition) is 0. The summed E-state index contributed by atoms with van der Waals surface area (Å²) < 4.78 is 9.93. The predicted octanol–water partition coefficient (Wildman–Crippen LogP) is 0.352. The molecule has 0 saturated heterocycles. The second-order valence-corrected chi connectivity index (χ2v) is 2.63. The van der Waals surface area contributed by atoms with Crippen LogP contribution in [-0.2, 0) is 17.8 Å². The highest BCUT2D eigenvalue weighted by molar-refractivity contribution is 5.82. The molecule has 0 N–H and O–H groups in total. The van der Waals surface area contributed by atoms with Crippen molar-refractivity contribution in [2.24, 2.45) is 0 Å². The number of carboxylic acids is 1. The molecule has 0 aliphatic rings. The molecule has 4 nitrogen and oxygen atoms in total. The molecule has 0 bridgehead atoms. The van der Waals surface area contributed by atoms with Crippen molar-refractivity contribution in [3.63, 3.8) is 0 Å². The number of methoxy groups -OCH3 is 1. The van der Waals surface area contributed by atoms with Gasteiger partial charge in [0.2, 0.25) is 0 Å². The van der Waals surface area contributed by atoms with Crippen LogP contribution in [0.3, 0.4) is 0 Å². The minimum Gasteiger partial charge on any atom is -0.542 e. The Morgan fingerprint density at radius 3 is 2.85 bits per heavy atom. The van der Waals surface area contributed by atoms with Crippen LogP contribution in [0.4, 0.5) is 0 Å². The van der Waals surface area contributed by atoms with Crippen LogP contribution >= 0.6 is 0 Å². The van der Waals surface area contributed by atoms with Crippen molar-refractivity contribution >= 4 is 5.97 Å². The third-order valence-corrected chi connectivity index (χ3v) is 1.72. The monoisotopic (exact) mass is 183 g/mol. The topological polar surface area (TPSA) is 62.5 Å². The maximum atomic E-state index is 10.4. The Labute approximate surface area is 76.1 Å². The second kappa shape index (κ2) is 4.09. The maximum absolute atomic E-state index is 10.4. The van der Waals surface area contributed by atoms with Gasteiger partial charge in [0, 0.05) is 19.1 Å². The van der Waals surface area contributed by atoms with E-state index < -0.39 is 5.97 Å². The smallest absolute Gasteiger partial charge is 0.150 e. The zero-order valence-electron chi connectivity index (χ0n) is 7.62. The number of hydrogen-bond acceptors (Lipinski definition) is 4. The minimum absolute atomic E-state index is 0.135. The van der Waals surface area contributed by atoms with Crippen LogP contribution in [0, 0.1) is 0 Å². The van der Waals surface area contributed by atoms with Crippen molar-refractivity contribution in [2.75, 3.05) is 7.11 Å². The van der Waals surface area contributed by atoms with Gasteiger partial charge in [0.15, 0.2) is 0 Å². The van der Waals surface area contributed by atoms with Gasteiger partial charge < -0.3 is 19.1 Å². The Balaban J connectivity index is 2.96. The van der Waals surface area contributed by atoms with Crippen LogP contribution in [0.2, 0.25) is 0 Å². The fourth-order valence-electron chi connectivity index (χ4n) is 1.14. The summed E-state index contributed by atoms with van der Waals surface area (Å²) in [5, 5.41) is 10.4. The Bertz CT molecular complexity index is 301.